The molecule has 3 N–H and O–H groups in total. The number of H-pyrrole nitrogens is 1. The van der Waals surface area contributed by atoms with E-state index in [1.165, 1.54) is 0 Å². The molecule has 5 rings (SSSR count). The van der Waals surface area contributed by atoms with Crippen LogP contribution in [0.1, 0.15) is 28.9 Å². The van der Waals surface area contributed by atoms with Crippen LogP contribution in [0.25, 0.3) is 11.6 Å². The second kappa shape index (κ2) is 9.26. The van der Waals surface area contributed by atoms with Gasteiger partial charge in [-0.15, -0.1) is 12.4 Å². The standard InChI is InChI=1S/C23H26N4O3.ClH/c28-22-16(5-6-24-22)11-15-1-4-21-19(12-15)20(23(29)26-21)13-17-2-3-18(25-17)14-27-7-9-30-10-8-27;/h1-4,12-13,16,25H,5-11,14H2,(H,24,28)(H,26,29);1H. The third-order valence-electron chi connectivity index (χ3n) is 6.08. The SMILES string of the molecule is Cl.O=C1Nc2ccc(CC3CCNC3=O)cc2C1=Cc1ccc(CN2CCOCC2)[nH]1. The molecule has 2 amide bonds. The molecule has 0 saturated carbocycles. The summed E-state index contributed by atoms with van der Waals surface area (Å²) in [7, 11) is 0. The van der Waals surface area contributed by atoms with Gasteiger partial charge in [-0.1, -0.05) is 6.07 Å². The van der Waals surface area contributed by atoms with E-state index in [0.717, 1.165) is 74.0 Å². The maximum atomic E-state index is 12.6. The summed E-state index contributed by atoms with van der Waals surface area (Å²) < 4.78 is 5.41. The molecule has 7 nitrogen and oxygen atoms in total. The first-order valence-corrected chi connectivity index (χ1v) is 10.6. The second-order valence-electron chi connectivity index (χ2n) is 8.20. The second-order valence-corrected chi connectivity index (χ2v) is 8.20. The summed E-state index contributed by atoms with van der Waals surface area (Å²) in [5.41, 5.74) is 5.51. The van der Waals surface area contributed by atoms with Gasteiger partial charge in [0.25, 0.3) is 5.91 Å². The predicted molar refractivity (Wildman–Crippen MR) is 122 cm³/mol. The Morgan fingerprint density at radius 3 is 2.74 bits per heavy atom. The van der Waals surface area contributed by atoms with Crippen LogP contribution in [0.3, 0.4) is 0 Å². The topological polar surface area (TPSA) is 86.5 Å². The number of anilines is 1. The minimum Gasteiger partial charge on any atom is -0.379 e. The van der Waals surface area contributed by atoms with Crippen molar-refractivity contribution in [3.63, 3.8) is 0 Å². The van der Waals surface area contributed by atoms with Gasteiger partial charge < -0.3 is 20.4 Å². The highest BCUT2D eigenvalue weighted by Crippen LogP contribution is 2.34. The van der Waals surface area contributed by atoms with Gasteiger partial charge in [0.15, 0.2) is 0 Å². The zero-order valence-electron chi connectivity index (χ0n) is 17.3. The van der Waals surface area contributed by atoms with Gasteiger partial charge in [0.2, 0.25) is 5.91 Å². The molecule has 2 aromatic rings. The molecule has 2 fully saturated rings. The van der Waals surface area contributed by atoms with Crippen LogP contribution in [0.15, 0.2) is 30.3 Å². The molecule has 0 radical (unpaired) electrons. The van der Waals surface area contributed by atoms with Gasteiger partial charge in [0.05, 0.1) is 18.8 Å². The van der Waals surface area contributed by atoms with Crippen molar-refractivity contribution in [1.82, 2.24) is 15.2 Å². The number of amides is 2. The predicted octanol–water partition coefficient (Wildman–Crippen LogP) is 2.44. The third kappa shape index (κ3) is 4.69. The van der Waals surface area contributed by atoms with Crippen molar-refractivity contribution in [2.75, 3.05) is 38.2 Å². The van der Waals surface area contributed by atoms with Crippen LogP contribution >= 0.6 is 12.4 Å². The van der Waals surface area contributed by atoms with E-state index >= 15 is 0 Å². The van der Waals surface area contributed by atoms with Gasteiger partial charge in [0.1, 0.15) is 0 Å². The van der Waals surface area contributed by atoms with Crippen LogP contribution in [0, 0.1) is 5.92 Å². The Balaban J connectivity index is 0.00000231. The van der Waals surface area contributed by atoms with E-state index < -0.39 is 0 Å². The summed E-state index contributed by atoms with van der Waals surface area (Å²) in [6, 6.07) is 10.1. The molecule has 3 aliphatic rings. The average molecular weight is 443 g/mol. The number of hydrogen-bond donors (Lipinski definition) is 3. The normalized spacial score (nSPS) is 22.2. The van der Waals surface area contributed by atoms with Crippen LogP contribution in [0.5, 0.6) is 0 Å². The fraction of sp³-hybridized carbons (Fsp3) is 0.391. The van der Waals surface area contributed by atoms with E-state index in [1.807, 2.05) is 30.3 Å². The number of aromatic amines is 1. The number of ether oxygens (including phenoxy) is 1. The number of rotatable bonds is 5. The molecule has 0 bridgehead atoms. The van der Waals surface area contributed by atoms with Crippen molar-refractivity contribution in [3.05, 3.63) is 52.8 Å². The Bertz CT molecular complexity index is 1010. The van der Waals surface area contributed by atoms with Gasteiger partial charge in [-0.25, -0.2) is 0 Å². The van der Waals surface area contributed by atoms with Crippen molar-refractivity contribution < 1.29 is 14.3 Å². The van der Waals surface area contributed by atoms with Crippen molar-refractivity contribution >= 4 is 41.6 Å². The molecule has 1 aromatic heterocycles. The number of aromatic nitrogens is 1. The van der Waals surface area contributed by atoms with Crippen LogP contribution in [-0.2, 0) is 27.3 Å². The van der Waals surface area contributed by atoms with E-state index in [1.54, 1.807) is 0 Å². The zero-order chi connectivity index (χ0) is 20.5. The fourth-order valence-electron chi connectivity index (χ4n) is 4.42. The lowest BCUT2D eigenvalue weighted by molar-refractivity contribution is -0.122. The van der Waals surface area contributed by atoms with Crippen molar-refractivity contribution in [2.45, 2.75) is 19.4 Å². The molecule has 4 heterocycles. The molecule has 164 valence electrons. The van der Waals surface area contributed by atoms with E-state index in [-0.39, 0.29) is 30.1 Å². The molecule has 3 aliphatic heterocycles. The maximum Gasteiger partial charge on any atom is 0.256 e. The number of carbonyl (C=O) groups is 2. The Labute approximate surface area is 187 Å². The highest BCUT2D eigenvalue weighted by molar-refractivity contribution is 6.34. The van der Waals surface area contributed by atoms with E-state index in [9.17, 15) is 9.59 Å². The lowest BCUT2D eigenvalue weighted by Crippen LogP contribution is -2.35. The van der Waals surface area contributed by atoms with Gasteiger partial charge in [-0.2, -0.15) is 0 Å². The number of hydrogen-bond acceptors (Lipinski definition) is 4. The lowest BCUT2D eigenvalue weighted by Gasteiger charge is -2.25. The number of nitrogens with one attached hydrogen (secondary N) is 3. The third-order valence-corrected chi connectivity index (χ3v) is 6.08. The van der Waals surface area contributed by atoms with E-state index in [4.69, 9.17) is 4.74 Å². The maximum absolute atomic E-state index is 12.6. The van der Waals surface area contributed by atoms with Crippen LogP contribution < -0.4 is 10.6 Å². The molecule has 0 spiro atoms. The highest BCUT2D eigenvalue weighted by atomic mass is 35.5. The van der Waals surface area contributed by atoms with Gasteiger partial charge in [-0.3, -0.25) is 14.5 Å². The number of nitrogens with zero attached hydrogens (tertiary/aromatic N) is 1. The molecule has 1 atom stereocenters. The van der Waals surface area contributed by atoms with Gasteiger partial charge >= 0.3 is 0 Å². The Morgan fingerprint density at radius 1 is 1.13 bits per heavy atom. The first-order chi connectivity index (χ1) is 14.7. The van der Waals surface area contributed by atoms with Crippen LogP contribution in [0.4, 0.5) is 5.69 Å². The van der Waals surface area contributed by atoms with Gasteiger partial charge in [0, 0.05) is 54.7 Å². The summed E-state index contributed by atoms with van der Waals surface area (Å²) in [6.07, 6.45) is 3.48. The molecular formula is C23H27ClN4O3. The fourth-order valence-corrected chi connectivity index (χ4v) is 4.42. The molecule has 8 heteroatoms. The molecule has 1 unspecified atom stereocenters. The first-order valence-electron chi connectivity index (χ1n) is 10.6. The largest absolute Gasteiger partial charge is 0.379 e. The number of fused-ring (bicyclic) bond motifs is 1. The smallest absolute Gasteiger partial charge is 0.256 e. The van der Waals surface area contributed by atoms with Crippen LogP contribution in [0.2, 0.25) is 0 Å². The Hall–Kier alpha value is -2.61. The summed E-state index contributed by atoms with van der Waals surface area (Å²) in [5, 5.41) is 5.84. The molecule has 2 saturated heterocycles. The average Bonchev–Trinajstić information content (AvgIpc) is 3.44. The zero-order valence-corrected chi connectivity index (χ0v) is 18.1. The Morgan fingerprint density at radius 2 is 1.97 bits per heavy atom. The molecular weight excluding hydrogens is 416 g/mol. The first kappa shape index (κ1) is 21.6. The number of carbonyl (C=O) groups excluding carboxylic acids is 2. The van der Waals surface area contributed by atoms with E-state index in [0.29, 0.717) is 12.0 Å². The molecule has 31 heavy (non-hydrogen) atoms. The summed E-state index contributed by atoms with van der Waals surface area (Å²) in [5.74, 6) is 0.0523. The summed E-state index contributed by atoms with van der Waals surface area (Å²) in [6.45, 7) is 5.03. The monoisotopic (exact) mass is 442 g/mol. The van der Waals surface area contributed by atoms with Gasteiger partial charge in [-0.05, 0) is 48.7 Å². The number of morpholine rings is 1. The van der Waals surface area contributed by atoms with Crippen molar-refractivity contribution in [1.29, 1.82) is 0 Å². The van der Waals surface area contributed by atoms with Crippen LogP contribution in [-0.4, -0.2) is 54.5 Å². The minimum absolute atomic E-state index is 0. The molecule has 0 aliphatic carbocycles. The highest BCUT2D eigenvalue weighted by Gasteiger charge is 2.27. The lowest BCUT2D eigenvalue weighted by atomic mass is 9.95. The van der Waals surface area contributed by atoms with E-state index in [2.05, 4.69) is 26.6 Å². The molecule has 1 aromatic carbocycles. The number of benzene rings is 1. The van der Waals surface area contributed by atoms with Crippen molar-refractivity contribution in [2.24, 2.45) is 5.92 Å². The summed E-state index contributed by atoms with van der Waals surface area (Å²) in [4.78, 5) is 30.3. The quantitative estimate of drug-likeness (QED) is 0.621. The summed E-state index contributed by atoms with van der Waals surface area (Å²) >= 11 is 0. The Kier molecular flexibility index (Phi) is 6.46. The number of halogens is 1. The minimum atomic E-state index is -0.0925. The van der Waals surface area contributed by atoms with Crippen molar-refractivity contribution in [3.8, 4) is 0 Å².